The molecule has 0 amide bonds. The Bertz CT molecular complexity index is 912. The summed E-state index contributed by atoms with van der Waals surface area (Å²) >= 11 is 0. The van der Waals surface area contributed by atoms with Gasteiger partial charge in [-0.3, -0.25) is 14.9 Å². The number of ketones is 1. The number of nitro groups is 1. The van der Waals surface area contributed by atoms with Gasteiger partial charge in [0.15, 0.2) is 5.78 Å². The molecule has 0 saturated heterocycles. The van der Waals surface area contributed by atoms with Gasteiger partial charge in [0.25, 0.3) is 5.69 Å². The van der Waals surface area contributed by atoms with Crippen LogP contribution in [0.3, 0.4) is 0 Å². The fourth-order valence-electron chi connectivity index (χ4n) is 2.28. The monoisotopic (exact) mass is 322 g/mol. The maximum atomic E-state index is 12.1. The number of hydrogen-bond acceptors (Lipinski definition) is 5. The normalized spacial score (nSPS) is 10.5. The van der Waals surface area contributed by atoms with E-state index in [9.17, 15) is 20.0 Å². The molecule has 0 unspecified atom stereocenters. The molecule has 0 aliphatic carbocycles. The first kappa shape index (κ1) is 15.4. The lowest BCUT2D eigenvalue weighted by atomic mass is 10.1. The quantitative estimate of drug-likeness (QED) is 0.417. The van der Waals surface area contributed by atoms with Crippen LogP contribution in [0.4, 0.5) is 5.69 Å². The molecule has 0 fully saturated rings. The summed E-state index contributed by atoms with van der Waals surface area (Å²) in [6.07, 6.45) is 1.33. The summed E-state index contributed by atoms with van der Waals surface area (Å²) in [5.74, 6) is -0.336. The largest absolute Gasteiger partial charge is 0.870 e. The van der Waals surface area contributed by atoms with E-state index >= 15 is 0 Å². The Kier molecular flexibility index (Phi) is 3.83. The zero-order chi connectivity index (χ0) is 17.3. The Hall–Kier alpha value is -3.48. The van der Waals surface area contributed by atoms with Gasteiger partial charge in [-0.05, 0) is 43.3 Å². The molecule has 7 nitrogen and oxygen atoms in total. The average Bonchev–Trinajstić information content (AvgIpc) is 2.97. The van der Waals surface area contributed by atoms with Crippen LogP contribution in [0.5, 0.6) is 5.75 Å². The number of carbonyl (C=O) groups excluding carboxylic acids is 1. The molecule has 1 heterocycles. The van der Waals surface area contributed by atoms with Crippen molar-refractivity contribution in [2.24, 2.45) is 0 Å². The van der Waals surface area contributed by atoms with Gasteiger partial charge in [-0.25, -0.2) is 4.68 Å². The Labute approximate surface area is 136 Å². The van der Waals surface area contributed by atoms with Gasteiger partial charge in [0.05, 0.1) is 16.3 Å². The molecule has 0 aliphatic rings. The Morgan fingerprint density at radius 2 is 1.71 bits per heavy atom. The van der Waals surface area contributed by atoms with Crippen molar-refractivity contribution in [3.8, 4) is 22.7 Å². The summed E-state index contributed by atoms with van der Waals surface area (Å²) in [6.45, 7) is 1.48. The first-order chi connectivity index (χ1) is 11.5. The third-order valence-corrected chi connectivity index (χ3v) is 3.57. The van der Waals surface area contributed by atoms with Gasteiger partial charge in [-0.1, -0.05) is 5.75 Å². The molecule has 120 valence electrons. The summed E-state index contributed by atoms with van der Waals surface area (Å²) in [4.78, 5) is 21.5. The third kappa shape index (κ3) is 2.87. The number of non-ortho nitro benzene ring substituents is 1. The van der Waals surface area contributed by atoms with Crippen LogP contribution in [0.25, 0.3) is 16.9 Å². The molecule has 1 aromatic heterocycles. The Balaban J connectivity index is 1.95. The second-order valence-corrected chi connectivity index (χ2v) is 5.19. The predicted octanol–water partition coefficient (Wildman–Crippen LogP) is 2.72. The molecule has 0 bridgehead atoms. The molecule has 0 radical (unpaired) electrons. The van der Waals surface area contributed by atoms with Gasteiger partial charge in [0.2, 0.25) is 0 Å². The van der Waals surface area contributed by atoms with Gasteiger partial charge in [0, 0.05) is 29.5 Å². The van der Waals surface area contributed by atoms with E-state index in [0.717, 1.165) is 0 Å². The van der Waals surface area contributed by atoms with Gasteiger partial charge in [-0.2, -0.15) is 5.10 Å². The first-order valence-electron chi connectivity index (χ1n) is 7.08. The molecule has 0 atom stereocenters. The topological polar surface area (TPSA) is 101 Å². The number of nitrogens with zero attached hydrogens (tertiary/aromatic N) is 3. The van der Waals surface area contributed by atoms with Crippen LogP contribution in [0.1, 0.15) is 17.3 Å². The van der Waals surface area contributed by atoms with Crippen molar-refractivity contribution in [1.82, 2.24) is 9.78 Å². The SMILES string of the molecule is CC(=O)c1ccc(-n2cc([O-])c(-c3ccc([N+](=O)[O-])cc3)n2)cc1. The highest BCUT2D eigenvalue weighted by molar-refractivity contribution is 5.94. The molecule has 24 heavy (non-hydrogen) atoms. The third-order valence-electron chi connectivity index (χ3n) is 3.57. The summed E-state index contributed by atoms with van der Waals surface area (Å²) in [5.41, 5.74) is 1.88. The smallest absolute Gasteiger partial charge is 0.269 e. The minimum atomic E-state index is -0.503. The Morgan fingerprint density at radius 1 is 1.08 bits per heavy atom. The van der Waals surface area contributed by atoms with E-state index in [1.807, 2.05) is 0 Å². The van der Waals surface area contributed by atoms with Crippen molar-refractivity contribution in [2.45, 2.75) is 6.92 Å². The van der Waals surface area contributed by atoms with Crippen LogP contribution in [-0.2, 0) is 0 Å². The molecule has 0 N–H and O–H groups in total. The van der Waals surface area contributed by atoms with Crippen molar-refractivity contribution >= 4 is 11.5 Å². The van der Waals surface area contributed by atoms with Crippen LogP contribution in [0, 0.1) is 10.1 Å². The van der Waals surface area contributed by atoms with Crippen LogP contribution in [0.15, 0.2) is 54.7 Å². The van der Waals surface area contributed by atoms with E-state index < -0.39 is 4.92 Å². The Morgan fingerprint density at radius 3 is 2.25 bits per heavy atom. The van der Waals surface area contributed by atoms with Crippen LogP contribution in [-0.4, -0.2) is 20.5 Å². The fraction of sp³-hybridized carbons (Fsp3) is 0.0588. The van der Waals surface area contributed by atoms with Gasteiger partial charge in [-0.15, -0.1) is 0 Å². The van der Waals surface area contributed by atoms with Crippen molar-refractivity contribution < 1.29 is 14.8 Å². The first-order valence-corrected chi connectivity index (χ1v) is 7.08. The van der Waals surface area contributed by atoms with Crippen molar-refractivity contribution in [3.05, 3.63) is 70.4 Å². The number of rotatable bonds is 4. The van der Waals surface area contributed by atoms with Gasteiger partial charge < -0.3 is 5.11 Å². The van der Waals surface area contributed by atoms with E-state index in [4.69, 9.17) is 0 Å². The number of Topliss-reactive ketones (excluding diaryl/α,β-unsaturated/α-hetero) is 1. The lowest BCUT2D eigenvalue weighted by molar-refractivity contribution is -0.384. The van der Waals surface area contributed by atoms with Crippen molar-refractivity contribution in [3.63, 3.8) is 0 Å². The molecule has 0 spiro atoms. The highest BCUT2D eigenvalue weighted by Gasteiger charge is 2.09. The molecular weight excluding hydrogens is 310 g/mol. The number of benzene rings is 2. The zero-order valence-electron chi connectivity index (χ0n) is 12.7. The summed E-state index contributed by atoms with van der Waals surface area (Å²) in [7, 11) is 0. The molecule has 3 rings (SSSR count). The fourth-order valence-corrected chi connectivity index (χ4v) is 2.28. The number of nitro benzene ring substituents is 1. The van der Waals surface area contributed by atoms with Gasteiger partial charge in [0.1, 0.15) is 0 Å². The molecule has 3 aromatic rings. The van der Waals surface area contributed by atoms with E-state index in [0.29, 0.717) is 16.8 Å². The van der Waals surface area contributed by atoms with Crippen LogP contribution in [0.2, 0.25) is 0 Å². The minimum absolute atomic E-state index is 0.0434. The summed E-state index contributed by atoms with van der Waals surface area (Å²) in [6, 6.07) is 12.4. The van der Waals surface area contributed by atoms with E-state index in [2.05, 4.69) is 5.10 Å². The highest BCUT2D eigenvalue weighted by Crippen LogP contribution is 2.28. The number of carbonyl (C=O) groups is 1. The lowest BCUT2D eigenvalue weighted by Crippen LogP contribution is -1.97. The van der Waals surface area contributed by atoms with E-state index in [1.54, 1.807) is 24.3 Å². The minimum Gasteiger partial charge on any atom is -0.870 e. The van der Waals surface area contributed by atoms with E-state index in [-0.39, 0.29) is 22.9 Å². The molecule has 0 saturated carbocycles. The summed E-state index contributed by atoms with van der Waals surface area (Å²) in [5, 5.41) is 27.1. The highest BCUT2D eigenvalue weighted by atomic mass is 16.6. The number of aromatic nitrogens is 2. The lowest BCUT2D eigenvalue weighted by Gasteiger charge is -2.03. The maximum absolute atomic E-state index is 12.1. The maximum Gasteiger partial charge on any atom is 0.269 e. The van der Waals surface area contributed by atoms with Gasteiger partial charge >= 0.3 is 0 Å². The molecular formula is C17H12N3O4-. The summed E-state index contributed by atoms with van der Waals surface area (Å²) < 4.78 is 1.42. The number of hydrogen-bond donors (Lipinski definition) is 0. The van der Waals surface area contributed by atoms with Crippen molar-refractivity contribution in [2.75, 3.05) is 0 Å². The molecule has 0 aliphatic heterocycles. The predicted molar refractivity (Wildman–Crippen MR) is 85.1 cm³/mol. The van der Waals surface area contributed by atoms with Crippen LogP contribution >= 0.6 is 0 Å². The second-order valence-electron chi connectivity index (χ2n) is 5.19. The molecule has 2 aromatic carbocycles. The van der Waals surface area contributed by atoms with Crippen LogP contribution < -0.4 is 5.11 Å². The van der Waals surface area contributed by atoms with Crippen molar-refractivity contribution in [1.29, 1.82) is 0 Å². The second kappa shape index (κ2) is 5.96. The average molecular weight is 322 g/mol. The molecule has 7 heteroatoms. The standard InChI is InChI=1S/C17H13N3O4/c1-11(21)12-2-6-14(7-3-12)19-10-16(22)17(18-19)13-4-8-15(9-5-13)20(23)24/h2-10,22H,1H3/p-1. The van der Waals surface area contributed by atoms with E-state index in [1.165, 1.54) is 42.1 Å². The zero-order valence-corrected chi connectivity index (χ0v) is 12.7.